The topological polar surface area (TPSA) is 62.2 Å². The zero-order valence-corrected chi connectivity index (χ0v) is 13.2. The molecule has 2 N–H and O–H groups in total. The Balaban J connectivity index is 2.30. The minimum absolute atomic E-state index is 0.104. The van der Waals surface area contributed by atoms with Gasteiger partial charge >= 0.3 is 0 Å². The van der Waals surface area contributed by atoms with Gasteiger partial charge in [-0.05, 0) is 48.6 Å². The number of benzene rings is 1. The molecule has 0 aliphatic carbocycles. The van der Waals surface area contributed by atoms with E-state index in [0.29, 0.717) is 35.8 Å². The number of aliphatic hydroxyl groups is 1. The van der Waals surface area contributed by atoms with Crippen LogP contribution in [0.15, 0.2) is 30.5 Å². The lowest BCUT2D eigenvalue weighted by molar-refractivity contribution is 0.112. The Hall–Kier alpha value is -1.91. The van der Waals surface area contributed by atoms with Gasteiger partial charge in [0.05, 0.1) is 5.56 Å². The van der Waals surface area contributed by atoms with E-state index in [-0.39, 0.29) is 6.61 Å². The third-order valence-electron chi connectivity index (χ3n) is 3.48. The molecule has 1 aromatic carbocycles. The number of hydrogen-bond donors (Lipinski definition) is 2. The molecule has 0 saturated heterocycles. The van der Waals surface area contributed by atoms with Gasteiger partial charge in [-0.15, -0.1) is 0 Å². The smallest absolute Gasteiger partial charge is 0.154 e. The standard InChI is InChI=1S/C17H19ClN2O2/c1-12-10-20-17(19-7-2-8-21)16(11-22)15(12)9-13-3-5-14(18)6-4-13/h3-6,10-11,21H,2,7-9H2,1H3,(H,19,20). The zero-order chi connectivity index (χ0) is 15.9. The summed E-state index contributed by atoms with van der Waals surface area (Å²) >= 11 is 5.90. The van der Waals surface area contributed by atoms with E-state index in [1.807, 2.05) is 31.2 Å². The molecule has 2 aromatic rings. The number of hydrogen-bond acceptors (Lipinski definition) is 4. The molecule has 5 heteroatoms. The van der Waals surface area contributed by atoms with Crippen molar-refractivity contribution in [2.45, 2.75) is 19.8 Å². The van der Waals surface area contributed by atoms with Crippen molar-refractivity contribution in [3.8, 4) is 0 Å². The van der Waals surface area contributed by atoms with Gasteiger partial charge in [-0.2, -0.15) is 0 Å². The average molecular weight is 319 g/mol. The first-order valence-corrected chi connectivity index (χ1v) is 7.56. The van der Waals surface area contributed by atoms with Gasteiger partial charge in [0.2, 0.25) is 0 Å². The summed E-state index contributed by atoms with van der Waals surface area (Å²) in [4.78, 5) is 15.8. The van der Waals surface area contributed by atoms with Gasteiger partial charge in [0, 0.05) is 24.4 Å². The molecule has 2 rings (SSSR count). The highest BCUT2D eigenvalue weighted by Crippen LogP contribution is 2.23. The average Bonchev–Trinajstić information content (AvgIpc) is 2.52. The molecule has 0 atom stereocenters. The quantitative estimate of drug-likeness (QED) is 0.607. The van der Waals surface area contributed by atoms with E-state index in [9.17, 15) is 4.79 Å². The van der Waals surface area contributed by atoms with E-state index < -0.39 is 0 Å². The van der Waals surface area contributed by atoms with Crippen LogP contribution in [0.1, 0.15) is 33.5 Å². The molecule has 22 heavy (non-hydrogen) atoms. The van der Waals surface area contributed by atoms with Crippen molar-refractivity contribution in [1.82, 2.24) is 4.98 Å². The van der Waals surface area contributed by atoms with Gasteiger partial charge in [0.15, 0.2) is 6.29 Å². The van der Waals surface area contributed by atoms with Crippen molar-refractivity contribution in [3.63, 3.8) is 0 Å². The third-order valence-corrected chi connectivity index (χ3v) is 3.73. The Morgan fingerprint density at radius 3 is 2.68 bits per heavy atom. The van der Waals surface area contributed by atoms with Crippen LogP contribution in [0.5, 0.6) is 0 Å². The minimum Gasteiger partial charge on any atom is -0.396 e. The van der Waals surface area contributed by atoms with Crippen molar-refractivity contribution < 1.29 is 9.90 Å². The van der Waals surface area contributed by atoms with Crippen LogP contribution in [0.3, 0.4) is 0 Å². The first-order chi connectivity index (χ1) is 10.7. The molecule has 0 amide bonds. The Morgan fingerprint density at radius 2 is 2.05 bits per heavy atom. The molecule has 4 nitrogen and oxygen atoms in total. The van der Waals surface area contributed by atoms with E-state index in [1.54, 1.807) is 6.20 Å². The molecule has 0 saturated carbocycles. The summed E-state index contributed by atoms with van der Waals surface area (Å²) < 4.78 is 0. The second-order valence-corrected chi connectivity index (χ2v) is 5.54. The number of nitrogens with zero attached hydrogens (tertiary/aromatic N) is 1. The summed E-state index contributed by atoms with van der Waals surface area (Å²) in [7, 11) is 0. The molecule has 1 aromatic heterocycles. The number of carbonyl (C=O) groups is 1. The first-order valence-electron chi connectivity index (χ1n) is 7.18. The molecule has 0 spiro atoms. The van der Waals surface area contributed by atoms with Crippen molar-refractivity contribution in [1.29, 1.82) is 0 Å². The zero-order valence-electron chi connectivity index (χ0n) is 12.5. The molecule has 0 unspecified atom stereocenters. The van der Waals surface area contributed by atoms with Crippen LogP contribution in [0, 0.1) is 6.92 Å². The Kier molecular flexibility index (Phi) is 5.92. The van der Waals surface area contributed by atoms with Crippen molar-refractivity contribution in [3.05, 3.63) is 57.7 Å². The second-order valence-electron chi connectivity index (χ2n) is 5.11. The number of pyridine rings is 1. The number of anilines is 1. The summed E-state index contributed by atoms with van der Waals surface area (Å²) in [5, 5.41) is 12.6. The fourth-order valence-corrected chi connectivity index (χ4v) is 2.38. The maximum Gasteiger partial charge on any atom is 0.154 e. The summed E-state index contributed by atoms with van der Waals surface area (Å²) in [6, 6.07) is 7.59. The Bertz CT molecular complexity index is 642. The SMILES string of the molecule is Cc1cnc(NCCCO)c(C=O)c1Cc1ccc(Cl)cc1. The van der Waals surface area contributed by atoms with Crippen LogP contribution in [-0.4, -0.2) is 29.5 Å². The van der Waals surface area contributed by atoms with Gasteiger partial charge in [0.25, 0.3) is 0 Å². The van der Waals surface area contributed by atoms with Crippen molar-refractivity contribution in [2.24, 2.45) is 0 Å². The highest BCUT2D eigenvalue weighted by Gasteiger charge is 2.12. The highest BCUT2D eigenvalue weighted by atomic mass is 35.5. The summed E-state index contributed by atoms with van der Waals surface area (Å²) in [6.45, 7) is 2.63. The van der Waals surface area contributed by atoms with Crippen LogP contribution in [0.4, 0.5) is 5.82 Å². The highest BCUT2D eigenvalue weighted by molar-refractivity contribution is 6.30. The van der Waals surface area contributed by atoms with Crippen LogP contribution in [0.2, 0.25) is 5.02 Å². The molecule has 0 radical (unpaired) electrons. The van der Waals surface area contributed by atoms with Crippen molar-refractivity contribution >= 4 is 23.7 Å². The fraction of sp³-hybridized carbons (Fsp3) is 0.294. The van der Waals surface area contributed by atoms with Gasteiger partial charge in [-0.25, -0.2) is 4.98 Å². The van der Waals surface area contributed by atoms with E-state index in [4.69, 9.17) is 16.7 Å². The third kappa shape index (κ3) is 4.06. The number of nitrogens with one attached hydrogen (secondary N) is 1. The maximum absolute atomic E-state index is 11.5. The number of aliphatic hydroxyl groups excluding tert-OH is 1. The van der Waals surface area contributed by atoms with Crippen LogP contribution in [-0.2, 0) is 6.42 Å². The van der Waals surface area contributed by atoms with Gasteiger partial charge < -0.3 is 10.4 Å². The predicted octanol–water partition coefficient (Wildman–Crippen LogP) is 3.24. The molecule has 0 aliphatic rings. The summed E-state index contributed by atoms with van der Waals surface area (Å²) in [6.07, 6.45) is 3.86. The number of aryl methyl sites for hydroxylation is 1. The number of aromatic nitrogens is 1. The number of rotatable bonds is 7. The van der Waals surface area contributed by atoms with Crippen LogP contribution < -0.4 is 5.32 Å². The number of halogens is 1. The van der Waals surface area contributed by atoms with Gasteiger partial charge in [-0.1, -0.05) is 23.7 Å². The van der Waals surface area contributed by atoms with Gasteiger partial charge in [0.1, 0.15) is 5.82 Å². The van der Waals surface area contributed by atoms with E-state index in [0.717, 1.165) is 23.0 Å². The van der Waals surface area contributed by atoms with Gasteiger partial charge in [-0.3, -0.25) is 4.79 Å². The summed E-state index contributed by atoms with van der Waals surface area (Å²) in [5.74, 6) is 0.568. The number of carbonyl (C=O) groups excluding carboxylic acids is 1. The van der Waals surface area contributed by atoms with E-state index >= 15 is 0 Å². The summed E-state index contributed by atoms with van der Waals surface area (Å²) in [5.41, 5.74) is 3.60. The lowest BCUT2D eigenvalue weighted by Crippen LogP contribution is -2.10. The number of aldehydes is 1. The molecular formula is C17H19ClN2O2. The fourth-order valence-electron chi connectivity index (χ4n) is 2.26. The lowest BCUT2D eigenvalue weighted by Gasteiger charge is -2.14. The molecule has 0 bridgehead atoms. The molecule has 1 heterocycles. The van der Waals surface area contributed by atoms with Crippen LogP contribution in [0.25, 0.3) is 0 Å². The molecule has 116 valence electrons. The van der Waals surface area contributed by atoms with Crippen LogP contribution >= 0.6 is 11.6 Å². The predicted molar refractivity (Wildman–Crippen MR) is 88.8 cm³/mol. The normalized spacial score (nSPS) is 10.5. The molecular weight excluding hydrogens is 300 g/mol. The monoisotopic (exact) mass is 318 g/mol. The van der Waals surface area contributed by atoms with E-state index in [1.165, 1.54) is 0 Å². The first kappa shape index (κ1) is 16.5. The second kappa shape index (κ2) is 7.92. The Labute approximate surface area is 135 Å². The lowest BCUT2D eigenvalue weighted by atomic mass is 9.97. The molecule has 0 fully saturated rings. The maximum atomic E-state index is 11.5. The largest absolute Gasteiger partial charge is 0.396 e. The van der Waals surface area contributed by atoms with Crippen molar-refractivity contribution in [2.75, 3.05) is 18.5 Å². The molecule has 0 aliphatic heterocycles. The Morgan fingerprint density at radius 1 is 1.32 bits per heavy atom. The van der Waals surface area contributed by atoms with E-state index in [2.05, 4.69) is 10.3 Å². The minimum atomic E-state index is 0.104.